The highest BCUT2D eigenvalue weighted by Gasteiger charge is 2.48. The van der Waals surface area contributed by atoms with Gasteiger partial charge in [0, 0.05) is 18.8 Å². The zero-order valence-electron chi connectivity index (χ0n) is 16.6. The average Bonchev–Trinajstić information content (AvgIpc) is 3.50. The molecule has 3 aromatic rings. The highest BCUT2D eigenvalue weighted by atomic mass is 19.4. The number of benzene rings is 1. The minimum atomic E-state index is -4.46. The van der Waals surface area contributed by atoms with Crippen molar-refractivity contribution in [1.29, 1.82) is 0 Å². The predicted molar refractivity (Wildman–Crippen MR) is 106 cm³/mol. The summed E-state index contributed by atoms with van der Waals surface area (Å²) in [7, 11) is 0. The number of carbonyl (C=O) groups excluding carboxylic acids is 1. The van der Waals surface area contributed by atoms with Crippen LogP contribution < -0.4 is 5.32 Å². The molecule has 2 aromatic heterocycles. The van der Waals surface area contributed by atoms with Crippen molar-refractivity contribution in [2.24, 2.45) is 5.92 Å². The van der Waals surface area contributed by atoms with Crippen molar-refractivity contribution in [2.75, 3.05) is 11.9 Å². The first kappa shape index (κ1) is 20.4. The number of likely N-dealkylation sites (tertiary alicyclic amines) is 1. The Morgan fingerprint density at radius 3 is 2.53 bits per heavy atom. The Morgan fingerprint density at radius 1 is 1.09 bits per heavy atom. The molecule has 1 aromatic carbocycles. The molecule has 166 valence electrons. The Hall–Kier alpha value is -3.50. The molecule has 11 heteroatoms. The number of carbonyl (C=O) groups is 1. The van der Waals surface area contributed by atoms with Crippen LogP contribution in [0.3, 0.4) is 0 Å². The van der Waals surface area contributed by atoms with Crippen LogP contribution in [0.2, 0.25) is 0 Å². The summed E-state index contributed by atoms with van der Waals surface area (Å²) >= 11 is 0. The maximum atomic E-state index is 14.7. The van der Waals surface area contributed by atoms with Crippen LogP contribution >= 0.6 is 0 Å². The van der Waals surface area contributed by atoms with Crippen molar-refractivity contribution in [3.8, 4) is 5.69 Å². The van der Waals surface area contributed by atoms with Crippen molar-refractivity contribution in [3.05, 3.63) is 65.9 Å². The van der Waals surface area contributed by atoms with E-state index in [-0.39, 0.29) is 29.3 Å². The molecule has 2 fully saturated rings. The molecule has 0 radical (unpaired) electrons. The first-order chi connectivity index (χ1) is 15.3. The monoisotopic (exact) mass is 446 g/mol. The van der Waals surface area contributed by atoms with Crippen LogP contribution in [-0.2, 0) is 6.18 Å². The standard InChI is InChI=1S/C21H18F4N6O/c22-14-2-1-3-16(31-27-6-7-28-31)19(14)20(32)30-11-12-8-15(17(30)9-12)29-18-5-4-13(10-26-18)21(23,24)25/h1-7,10,12,15,17H,8-9,11H2,(H,26,29)/t12-,15-,17+/m1/s1. The molecule has 2 bridgehead atoms. The van der Waals surface area contributed by atoms with Crippen molar-refractivity contribution in [1.82, 2.24) is 24.9 Å². The average molecular weight is 446 g/mol. The molecule has 0 spiro atoms. The zero-order valence-corrected chi connectivity index (χ0v) is 16.6. The molecule has 1 N–H and O–H groups in total. The van der Waals surface area contributed by atoms with Gasteiger partial charge in [0.2, 0.25) is 0 Å². The van der Waals surface area contributed by atoms with Crippen LogP contribution in [0.5, 0.6) is 0 Å². The van der Waals surface area contributed by atoms with Gasteiger partial charge >= 0.3 is 6.18 Å². The lowest BCUT2D eigenvalue weighted by Crippen LogP contribution is -2.48. The molecule has 1 amide bonds. The van der Waals surface area contributed by atoms with Crippen molar-refractivity contribution in [3.63, 3.8) is 0 Å². The lowest BCUT2D eigenvalue weighted by atomic mass is 10.0. The summed E-state index contributed by atoms with van der Waals surface area (Å²) in [6.07, 6.45) is 0.682. The molecular weight excluding hydrogens is 428 g/mol. The van der Waals surface area contributed by atoms with E-state index >= 15 is 0 Å². The molecule has 7 nitrogen and oxygen atoms in total. The van der Waals surface area contributed by atoms with Crippen LogP contribution in [0, 0.1) is 11.7 Å². The highest BCUT2D eigenvalue weighted by Crippen LogP contribution is 2.40. The maximum Gasteiger partial charge on any atom is 0.417 e. The summed E-state index contributed by atoms with van der Waals surface area (Å²) in [6, 6.07) is 6.10. The highest BCUT2D eigenvalue weighted by molar-refractivity contribution is 5.98. The smallest absolute Gasteiger partial charge is 0.365 e. The van der Waals surface area contributed by atoms with Crippen molar-refractivity contribution in [2.45, 2.75) is 31.1 Å². The first-order valence-corrected chi connectivity index (χ1v) is 10.1. The number of hydrogen-bond acceptors (Lipinski definition) is 5. The summed E-state index contributed by atoms with van der Waals surface area (Å²) in [5.74, 6) is -0.611. The van der Waals surface area contributed by atoms with E-state index in [1.807, 2.05) is 0 Å². The number of aromatic nitrogens is 4. The van der Waals surface area contributed by atoms with Gasteiger partial charge in [-0.15, -0.1) is 0 Å². The van der Waals surface area contributed by atoms with Crippen molar-refractivity contribution >= 4 is 11.7 Å². The number of hydrogen-bond donors (Lipinski definition) is 1. The van der Waals surface area contributed by atoms with E-state index in [9.17, 15) is 22.4 Å². The molecule has 2 aliphatic rings. The molecule has 1 saturated heterocycles. The van der Waals surface area contributed by atoms with E-state index in [2.05, 4.69) is 20.5 Å². The third-order valence-corrected chi connectivity index (χ3v) is 6.01. The number of amides is 1. The van der Waals surface area contributed by atoms with Gasteiger partial charge in [0.25, 0.3) is 5.91 Å². The van der Waals surface area contributed by atoms with Gasteiger partial charge in [-0.1, -0.05) is 6.07 Å². The van der Waals surface area contributed by atoms with Gasteiger partial charge in [-0.2, -0.15) is 28.2 Å². The van der Waals surface area contributed by atoms with E-state index in [0.29, 0.717) is 12.4 Å². The molecule has 5 rings (SSSR count). The summed E-state index contributed by atoms with van der Waals surface area (Å²) in [5, 5.41) is 11.2. The van der Waals surface area contributed by atoms with Gasteiger partial charge < -0.3 is 10.2 Å². The number of alkyl halides is 3. The molecular formula is C21H18F4N6O. The number of piperidine rings is 1. The van der Waals surface area contributed by atoms with Crippen LogP contribution in [0.4, 0.5) is 23.4 Å². The van der Waals surface area contributed by atoms with Gasteiger partial charge in [0.1, 0.15) is 22.9 Å². The van der Waals surface area contributed by atoms with Gasteiger partial charge in [-0.3, -0.25) is 4.79 Å². The number of rotatable bonds is 4. The quantitative estimate of drug-likeness (QED) is 0.621. The third kappa shape index (κ3) is 3.57. The van der Waals surface area contributed by atoms with Crippen LogP contribution in [0.15, 0.2) is 48.9 Å². The number of halogens is 4. The van der Waals surface area contributed by atoms with E-state index in [1.165, 1.54) is 35.4 Å². The summed E-state index contributed by atoms with van der Waals surface area (Å²) < 4.78 is 53.0. The number of anilines is 1. The number of fused-ring (bicyclic) bond motifs is 2. The molecule has 1 saturated carbocycles. The minimum Gasteiger partial charge on any atom is -0.365 e. The molecule has 1 aliphatic heterocycles. The SMILES string of the molecule is O=C(c1c(F)cccc1-n1nccn1)N1C[C@@H]2C[C@@H](Nc3ccc(C(F)(F)F)cn3)[C@@H]1C2. The Labute approximate surface area is 180 Å². The van der Waals surface area contributed by atoms with Gasteiger partial charge in [0.15, 0.2) is 0 Å². The second-order valence-corrected chi connectivity index (χ2v) is 8.00. The minimum absolute atomic E-state index is 0.109. The van der Waals surface area contributed by atoms with Crippen LogP contribution in [0.25, 0.3) is 5.69 Å². The second kappa shape index (κ2) is 7.57. The number of nitrogens with one attached hydrogen (secondary N) is 1. The molecule has 3 atom stereocenters. The van der Waals surface area contributed by atoms with Crippen LogP contribution in [-0.4, -0.2) is 49.4 Å². The lowest BCUT2D eigenvalue weighted by molar-refractivity contribution is -0.137. The molecule has 32 heavy (non-hydrogen) atoms. The Bertz CT molecular complexity index is 1130. The van der Waals surface area contributed by atoms with E-state index < -0.39 is 23.5 Å². The molecule has 0 unspecified atom stereocenters. The third-order valence-electron chi connectivity index (χ3n) is 6.01. The Kier molecular flexibility index (Phi) is 4.83. The second-order valence-electron chi connectivity index (χ2n) is 8.00. The lowest BCUT2D eigenvalue weighted by Gasteiger charge is -2.34. The van der Waals surface area contributed by atoms with Crippen molar-refractivity contribution < 1.29 is 22.4 Å². The maximum absolute atomic E-state index is 14.7. The largest absolute Gasteiger partial charge is 0.417 e. The summed E-state index contributed by atoms with van der Waals surface area (Å²) in [5.41, 5.74) is -0.688. The fraction of sp³-hybridized carbons (Fsp3) is 0.333. The van der Waals surface area contributed by atoms with E-state index in [4.69, 9.17) is 0 Å². The topological polar surface area (TPSA) is 75.9 Å². The Balaban J connectivity index is 1.37. The van der Waals surface area contributed by atoms with Crippen LogP contribution in [0.1, 0.15) is 28.8 Å². The van der Waals surface area contributed by atoms with Gasteiger partial charge in [-0.25, -0.2) is 9.37 Å². The predicted octanol–water partition coefficient (Wildman–Crippen LogP) is 3.54. The fourth-order valence-electron chi connectivity index (χ4n) is 4.63. The fourth-order valence-corrected chi connectivity index (χ4v) is 4.63. The first-order valence-electron chi connectivity index (χ1n) is 10.1. The van der Waals surface area contributed by atoms with E-state index in [0.717, 1.165) is 25.1 Å². The normalized spacial score (nSPS) is 22.4. The number of nitrogens with zero attached hydrogens (tertiary/aromatic N) is 5. The number of pyridine rings is 1. The Morgan fingerprint density at radius 2 is 1.88 bits per heavy atom. The van der Waals surface area contributed by atoms with Gasteiger partial charge in [0.05, 0.1) is 24.0 Å². The molecule has 1 aliphatic carbocycles. The summed E-state index contributed by atoms with van der Waals surface area (Å²) in [6.45, 7) is 0.489. The van der Waals surface area contributed by atoms with Gasteiger partial charge in [-0.05, 0) is 43.0 Å². The van der Waals surface area contributed by atoms with E-state index in [1.54, 1.807) is 11.0 Å². The zero-order chi connectivity index (χ0) is 22.5. The molecule has 3 heterocycles. The summed E-state index contributed by atoms with van der Waals surface area (Å²) in [4.78, 5) is 20.1.